The summed E-state index contributed by atoms with van der Waals surface area (Å²) in [5.41, 5.74) is 1.83. The Bertz CT molecular complexity index is 1280. The lowest BCUT2D eigenvalue weighted by Gasteiger charge is -2.36. The van der Waals surface area contributed by atoms with Crippen LogP contribution in [-0.4, -0.2) is 70.4 Å². The highest BCUT2D eigenvalue weighted by Crippen LogP contribution is 2.32. The standard InChI is InChI=1S/C23H30FN3O4Si.C3Cl6O3/c1-31-14-15-5-7-16(8-6-15)21(26-23(30)27-12-18(28)13-27)22(29)25-17-9-10-20(19(24)11-17)32(2,3)4;4-2(5,6)11-1(10)12-3(7,8)9/h5-11,18,21,28H,12-14H2,1-4H3,(H,25,29)(H,26,30);/t21-;/m1./s1. The van der Waals surface area contributed by atoms with Crippen molar-refractivity contribution in [3.8, 4) is 0 Å². The molecule has 0 bridgehead atoms. The maximum Gasteiger partial charge on any atom is 0.515 e. The summed E-state index contributed by atoms with van der Waals surface area (Å²) in [4.78, 5) is 37.6. The number of amides is 3. The first-order chi connectivity index (χ1) is 20.2. The van der Waals surface area contributed by atoms with Crippen molar-refractivity contribution in [2.24, 2.45) is 0 Å². The van der Waals surface area contributed by atoms with E-state index in [1.807, 2.05) is 12.1 Å². The van der Waals surface area contributed by atoms with Gasteiger partial charge in [0, 0.05) is 12.8 Å². The Morgan fingerprint density at radius 1 is 1.00 bits per heavy atom. The quantitative estimate of drug-likeness (QED) is 0.170. The molecule has 1 saturated heterocycles. The van der Waals surface area contributed by atoms with Crippen molar-refractivity contribution in [1.29, 1.82) is 0 Å². The second-order valence-electron chi connectivity index (χ2n) is 10.4. The second-order valence-corrected chi connectivity index (χ2v) is 19.8. The molecule has 0 aromatic heterocycles. The first-order valence-corrected chi connectivity index (χ1v) is 18.4. The molecule has 1 heterocycles. The first-order valence-electron chi connectivity index (χ1n) is 12.7. The number of hydrogen-bond donors (Lipinski definition) is 3. The molecule has 3 rings (SSSR count). The van der Waals surface area contributed by atoms with Crippen LogP contribution in [0.5, 0.6) is 0 Å². The number of nitrogens with one attached hydrogen (secondary N) is 2. The molecule has 0 radical (unpaired) electrons. The lowest BCUT2D eigenvalue weighted by atomic mass is 10.0. The molecule has 44 heavy (non-hydrogen) atoms. The van der Waals surface area contributed by atoms with Crippen LogP contribution in [-0.2, 0) is 25.6 Å². The molecule has 1 aliphatic rings. The van der Waals surface area contributed by atoms with E-state index in [0.29, 0.717) is 23.0 Å². The van der Waals surface area contributed by atoms with E-state index in [-0.39, 0.29) is 18.9 Å². The zero-order valence-electron chi connectivity index (χ0n) is 23.8. The summed E-state index contributed by atoms with van der Waals surface area (Å²) < 4.78 is 23.2. The number of urea groups is 1. The largest absolute Gasteiger partial charge is 0.515 e. The summed E-state index contributed by atoms with van der Waals surface area (Å²) >= 11 is 30.2. The number of benzene rings is 2. The number of carbonyl (C=O) groups excluding carboxylic acids is 3. The summed E-state index contributed by atoms with van der Waals surface area (Å²) in [5, 5.41) is 15.6. The molecule has 2 aromatic carbocycles. The van der Waals surface area contributed by atoms with E-state index < -0.39 is 46.3 Å². The van der Waals surface area contributed by atoms with Crippen molar-refractivity contribution in [3.63, 3.8) is 0 Å². The number of hydrogen-bond acceptors (Lipinski definition) is 7. The van der Waals surface area contributed by atoms with Gasteiger partial charge in [0.05, 0.1) is 33.9 Å². The normalized spacial score (nSPS) is 14.4. The van der Waals surface area contributed by atoms with Crippen LogP contribution >= 0.6 is 69.6 Å². The minimum absolute atomic E-state index is 0.219. The van der Waals surface area contributed by atoms with Crippen LogP contribution < -0.4 is 15.8 Å². The fourth-order valence-corrected chi connectivity index (χ4v) is 5.48. The average molecular weight is 756 g/mol. The van der Waals surface area contributed by atoms with Gasteiger partial charge < -0.3 is 34.9 Å². The van der Waals surface area contributed by atoms with Gasteiger partial charge in [-0.15, -0.1) is 0 Å². The van der Waals surface area contributed by atoms with Crippen molar-refractivity contribution in [2.75, 3.05) is 25.5 Å². The number of carbonyl (C=O) groups is 3. The van der Waals surface area contributed by atoms with Gasteiger partial charge in [0.25, 0.3) is 5.91 Å². The number of aliphatic hydroxyl groups is 1. The fourth-order valence-electron chi connectivity index (χ4n) is 3.73. The summed E-state index contributed by atoms with van der Waals surface area (Å²) in [5.74, 6) is -0.833. The molecule has 1 fully saturated rings. The molecule has 0 aliphatic carbocycles. The van der Waals surface area contributed by atoms with Crippen molar-refractivity contribution >= 4 is 107 Å². The van der Waals surface area contributed by atoms with E-state index in [1.165, 1.54) is 11.0 Å². The predicted molar refractivity (Wildman–Crippen MR) is 172 cm³/mol. The monoisotopic (exact) mass is 753 g/mol. The Kier molecular flexibility index (Phi) is 14.1. The molecule has 0 saturated carbocycles. The molecule has 1 atom stereocenters. The second kappa shape index (κ2) is 16.2. The zero-order valence-corrected chi connectivity index (χ0v) is 29.3. The molecular formula is C26H30Cl6FN3O7Si. The number of anilines is 1. The van der Waals surface area contributed by atoms with Crippen LogP contribution in [0, 0.1) is 5.82 Å². The summed E-state index contributed by atoms with van der Waals surface area (Å²) in [6.07, 6.45) is -1.95. The van der Waals surface area contributed by atoms with Crippen molar-refractivity contribution in [1.82, 2.24) is 10.2 Å². The van der Waals surface area contributed by atoms with Gasteiger partial charge in [-0.25, -0.2) is 14.0 Å². The van der Waals surface area contributed by atoms with Gasteiger partial charge in [0.2, 0.25) is 0 Å². The molecule has 2 aromatic rings. The van der Waals surface area contributed by atoms with Crippen molar-refractivity contribution < 1.29 is 38.1 Å². The Morgan fingerprint density at radius 2 is 1.55 bits per heavy atom. The van der Waals surface area contributed by atoms with Gasteiger partial charge >= 0.3 is 20.1 Å². The maximum atomic E-state index is 14.6. The van der Waals surface area contributed by atoms with Crippen LogP contribution in [0.1, 0.15) is 17.2 Å². The Morgan fingerprint density at radius 3 is 1.98 bits per heavy atom. The summed E-state index contributed by atoms with van der Waals surface area (Å²) in [6.45, 7) is 7.02. The molecule has 3 amide bonds. The van der Waals surface area contributed by atoms with E-state index in [0.717, 1.165) is 5.56 Å². The number of alkyl halides is 6. The number of ether oxygens (including phenoxy) is 3. The summed E-state index contributed by atoms with van der Waals surface area (Å²) in [7, 11) is -0.251. The molecule has 0 spiro atoms. The van der Waals surface area contributed by atoms with Crippen molar-refractivity contribution in [3.05, 3.63) is 59.4 Å². The lowest BCUT2D eigenvalue weighted by Crippen LogP contribution is -2.57. The van der Waals surface area contributed by atoms with Crippen LogP contribution in [0.4, 0.5) is 19.7 Å². The van der Waals surface area contributed by atoms with E-state index in [2.05, 4.69) is 39.7 Å². The number of halogens is 7. The Hall–Kier alpha value is -1.74. The van der Waals surface area contributed by atoms with Crippen LogP contribution in [0.25, 0.3) is 0 Å². The number of rotatable bonds is 7. The van der Waals surface area contributed by atoms with E-state index in [1.54, 1.807) is 31.4 Å². The highest BCUT2D eigenvalue weighted by molar-refractivity contribution is 6.88. The third-order valence-electron chi connectivity index (χ3n) is 5.75. The van der Waals surface area contributed by atoms with Crippen molar-refractivity contribution in [2.45, 2.75) is 46.4 Å². The minimum atomic E-state index is -2.24. The lowest BCUT2D eigenvalue weighted by molar-refractivity contribution is -0.118. The predicted octanol–water partition coefficient (Wildman–Crippen LogP) is 6.38. The first kappa shape index (κ1) is 38.4. The number of likely N-dealkylation sites (tertiary alicyclic amines) is 1. The number of methoxy groups -OCH3 is 1. The number of aliphatic hydroxyl groups excluding tert-OH is 1. The highest BCUT2D eigenvalue weighted by atomic mass is 35.6. The molecule has 10 nitrogen and oxygen atoms in total. The maximum absolute atomic E-state index is 14.6. The van der Waals surface area contributed by atoms with Gasteiger partial charge in [-0.2, -0.15) is 0 Å². The Labute approximate surface area is 284 Å². The Balaban J connectivity index is 0.000000477. The molecule has 3 N–H and O–H groups in total. The van der Waals surface area contributed by atoms with Crippen LogP contribution in [0.3, 0.4) is 0 Å². The third kappa shape index (κ3) is 13.3. The molecule has 244 valence electrons. The number of β-amino-alcohol motifs (C(OH)–C–C–N with tert-alkyl or cyclic N) is 1. The SMILES string of the molecule is COCc1ccc([C@@H](NC(=O)N2CC(O)C2)C(=O)Nc2ccc([Si](C)(C)C)c(F)c2)cc1.O=C(OC(Cl)(Cl)Cl)OC(Cl)(Cl)Cl. The minimum Gasteiger partial charge on any atom is -0.389 e. The van der Waals surface area contributed by atoms with Crippen LogP contribution in [0.2, 0.25) is 19.6 Å². The van der Waals surface area contributed by atoms with Gasteiger partial charge in [0.1, 0.15) is 11.9 Å². The van der Waals surface area contributed by atoms with Gasteiger partial charge in [-0.3, -0.25) is 4.79 Å². The van der Waals surface area contributed by atoms with E-state index in [9.17, 15) is 23.9 Å². The van der Waals surface area contributed by atoms with Crippen LogP contribution in [0.15, 0.2) is 42.5 Å². The van der Waals surface area contributed by atoms with Gasteiger partial charge in [-0.1, -0.05) is 50.0 Å². The smallest absolute Gasteiger partial charge is 0.389 e. The average Bonchev–Trinajstić information content (AvgIpc) is 2.83. The van der Waals surface area contributed by atoms with E-state index >= 15 is 0 Å². The highest BCUT2D eigenvalue weighted by Gasteiger charge is 2.33. The summed E-state index contributed by atoms with van der Waals surface area (Å²) in [6, 6.07) is 10.4. The zero-order chi connectivity index (χ0) is 33.5. The number of nitrogens with zero attached hydrogens (tertiary/aromatic N) is 1. The molecule has 18 heteroatoms. The molecule has 0 unspecified atom stereocenters. The van der Waals surface area contributed by atoms with Gasteiger partial charge in [0.15, 0.2) is 0 Å². The fraction of sp³-hybridized carbons (Fsp3) is 0.423. The van der Waals surface area contributed by atoms with E-state index in [4.69, 9.17) is 74.3 Å². The topological polar surface area (TPSA) is 126 Å². The van der Waals surface area contributed by atoms with Gasteiger partial charge in [-0.05, 0) is 98.1 Å². The third-order valence-corrected chi connectivity index (χ3v) is 8.23. The molecule has 1 aliphatic heterocycles. The molecular weight excluding hydrogens is 726 g/mol.